The second kappa shape index (κ2) is 10.9. The third-order valence-electron chi connectivity index (χ3n) is 7.71. The van der Waals surface area contributed by atoms with Crippen LogP contribution in [-0.4, -0.2) is 103 Å². The standard InChI is InChI=1S/C28H34N2O11/c1-14-6-19(32)16-7-15-8-24(27(2,3)40-21(15)10-22(16)39-14)41-38-12-23(34)28(37,26(36)20(33)11-31)13-30-18-4-5-29-17(18)9-25(30)35/h4-7,9-10,20,23-26,31,33-37H,8,11-13H2,1-3H3/t20-,23+,24-,25?,26-,28-/m1/s1. The summed E-state index contributed by atoms with van der Waals surface area (Å²) >= 11 is 0. The van der Waals surface area contributed by atoms with E-state index >= 15 is 0 Å². The maximum Gasteiger partial charge on any atom is 0.192 e. The zero-order valence-electron chi connectivity index (χ0n) is 22.8. The molecule has 0 spiro atoms. The molecule has 0 saturated heterocycles. The van der Waals surface area contributed by atoms with Crippen molar-refractivity contribution in [3.63, 3.8) is 0 Å². The molecule has 0 radical (unpaired) electrons. The van der Waals surface area contributed by atoms with Gasteiger partial charge in [-0.1, -0.05) is 0 Å². The quantitative estimate of drug-likeness (QED) is 0.156. The largest absolute Gasteiger partial charge is 0.485 e. The van der Waals surface area contributed by atoms with Crippen LogP contribution < -0.4 is 10.2 Å². The van der Waals surface area contributed by atoms with Gasteiger partial charge in [0, 0.05) is 24.8 Å². The molecule has 3 aliphatic rings. The topological polar surface area (TPSA) is 195 Å². The zero-order valence-corrected chi connectivity index (χ0v) is 22.8. The van der Waals surface area contributed by atoms with Crippen LogP contribution in [0.2, 0.25) is 0 Å². The molecule has 222 valence electrons. The van der Waals surface area contributed by atoms with E-state index in [9.17, 15) is 35.4 Å². The van der Waals surface area contributed by atoms with Crippen molar-refractivity contribution in [2.24, 2.45) is 4.99 Å². The molecule has 0 aliphatic carbocycles. The van der Waals surface area contributed by atoms with Gasteiger partial charge in [0.25, 0.3) is 0 Å². The number of aliphatic hydroxyl groups excluding tert-OH is 5. The Balaban J connectivity index is 1.30. The summed E-state index contributed by atoms with van der Waals surface area (Å²) in [6.07, 6.45) is -2.85. The molecule has 0 fully saturated rings. The van der Waals surface area contributed by atoms with Crippen molar-refractivity contribution in [2.45, 2.75) is 69.0 Å². The first-order chi connectivity index (χ1) is 19.3. The highest BCUT2D eigenvalue weighted by Crippen LogP contribution is 2.38. The minimum atomic E-state index is -2.49. The molecule has 0 saturated carbocycles. The lowest BCUT2D eigenvalue weighted by Gasteiger charge is -2.42. The SMILES string of the molecule is Cc1cc(=O)c2cc3c(cc2o1)OC(C)(C)[C@H](OOC[C@H](O)[C@](O)(CN1C2=CC=NC2=CC1O)[C@H](O)[C@H](O)CO)C3. The molecule has 3 aliphatic heterocycles. The molecule has 4 heterocycles. The van der Waals surface area contributed by atoms with Gasteiger partial charge in [-0.2, -0.15) is 0 Å². The van der Waals surface area contributed by atoms with Crippen LogP contribution in [0.15, 0.2) is 55.9 Å². The van der Waals surface area contributed by atoms with Crippen LogP contribution in [0, 0.1) is 6.92 Å². The Morgan fingerprint density at radius 1 is 1.24 bits per heavy atom. The van der Waals surface area contributed by atoms with Crippen molar-refractivity contribution in [1.29, 1.82) is 0 Å². The van der Waals surface area contributed by atoms with Gasteiger partial charge in [-0.05, 0) is 44.6 Å². The fourth-order valence-corrected chi connectivity index (χ4v) is 5.24. The number of β-amino-alcohol motifs (C(OH)–C–C–N with tert-alkyl or cyclic N) is 1. The number of benzene rings is 1. The van der Waals surface area contributed by atoms with Gasteiger partial charge in [0.05, 0.1) is 29.9 Å². The Kier molecular flexibility index (Phi) is 7.82. The molecule has 6 N–H and O–H groups in total. The van der Waals surface area contributed by atoms with Crippen LogP contribution in [0.3, 0.4) is 0 Å². The molecule has 41 heavy (non-hydrogen) atoms. The first kappa shape index (κ1) is 29.4. The predicted octanol–water partition coefficient (Wildman–Crippen LogP) is -0.576. The lowest BCUT2D eigenvalue weighted by atomic mass is 9.86. The van der Waals surface area contributed by atoms with Crippen molar-refractivity contribution >= 4 is 17.2 Å². The van der Waals surface area contributed by atoms with E-state index in [2.05, 4.69) is 4.99 Å². The summed E-state index contributed by atoms with van der Waals surface area (Å²) in [4.78, 5) is 28.8. The molecule has 0 bridgehead atoms. The highest BCUT2D eigenvalue weighted by Gasteiger charge is 2.50. The van der Waals surface area contributed by atoms with Crippen LogP contribution in [0.25, 0.3) is 11.0 Å². The maximum atomic E-state index is 12.5. The third-order valence-corrected chi connectivity index (χ3v) is 7.71. The van der Waals surface area contributed by atoms with Gasteiger partial charge in [0.2, 0.25) is 0 Å². The minimum absolute atomic E-state index is 0.193. The van der Waals surface area contributed by atoms with E-state index in [0.29, 0.717) is 39.4 Å². The highest BCUT2D eigenvalue weighted by molar-refractivity contribution is 5.80. The Hall–Kier alpha value is -3.14. The Morgan fingerprint density at radius 2 is 2.00 bits per heavy atom. The fourth-order valence-electron chi connectivity index (χ4n) is 5.24. The molecular formula is C28H34N2O11. The summed E-state index contributed by atoms with van der Waals surface area (Å²) in [5.41, 5.74) is -1.63. The summed E-state index contributed by atoms with van der Waals surface area (Å²) in [6, 6.07) is 4.73. The molecular weight excluding hydrogens is 540 g/mol. The number of nitrogens with zero attached hydrogens (tertiary/aromatic N) is 2. The van der Waals surface area contributed by atoms with Crippen molar-refractivity contribution in [2.75, 3.05) is 19.8 Å². The van der Waals surface area contributed by atoms with E-state index < -0.39 is 61.6 Å². The molecule has 13 heteroatoms. The van der Waals surface area contributed by atoms with Gasteiger partial charge in [-0.3, -0.25) is 9.79 Å². The summed E-state index contributed by atoms with van der Waals surface area (Å²) in [7, 11) is 0. The number of hydrogen-bond donors (Lipinski definition) is 6. The van der Waals surface area contributed by atoms with Gasteiger partial charge in [0.15, 0.2) is 5.43 Å². The summed E-state index contributed by atoms with van der Waals surface area (Å²) in [5.74, 6) is 1.00. The van der Waals surface area contributed by atoms with Crippen molar-refractivity contribution in [3.05, 3.63) is 63.3 Å². The van der Waals surface area contributed by atoms with Crippen LogP contribution >= 0.6 is 0 Å². The van der Waals surface area contributed by atoms with Gasteiger partial charge < -0.3 is 44.7 Å². The molecule has 6 atom stereocenters. The highest BCUT2D eigenvalue weighted by atomic mass is 17.2. The minimum Gasteiger partial charge on any atom is -0.485 e. The maximum absolute atomic E-state index is 12.5. The van der Waals surface area contributed by atoms with E-state index in [-0.39, 0.29) is 11.8 Å². The van der Waals surface area contributed by atoms with Gasteiger partial charge in [-0.25, -0.2) is 9.78 Å². The Morgan fingerprint density at radius 3 is 2.73 bits per heavy atom. The number of aliphatic hydroxyl groups is 6. The lowest BCUT2D eigenvalue weighted by Crippen LogP contribution is -2.64. The van der Waals surface area contributed by atoms with Crippen LogP contribution in [0.5, 0.6) is 5.75 Å². The number of ether oxygens (including phenoxy) is 1. The molecule has 1 aromatic carbocycles. The lowest BCUT2D eigenvalue weighted by molar-refractivity contribution is -0.363. The Labute approximate surface area is 234 Å². The number of aryl methyl sites for hydroxylation is 1. The van der Waals surface area contributed by atoms with Gasteiger partial charge in [-0.15, -0.1) is 0 Å². The van der Waals surface area contributed by atoms with E-state index in [1.807, 2.05) is 0 Å². The Bertz CT molecular complexity index is 1460. The van der Waals surface area contributed by atoms with E-state index in [4.69, 9.17) is 18.9 Å². The number of allylic oxidation sites excluding steroid dienone is 1. The van der Waals surface area contributed by atoms with E-state index in [1.165, 1.54) is 23.3 Å². The van der Waals surface area contributed by atoms with E-state index in [1.54, 1.807) is 39.0 Å². The van der Waals surface area contributed by atoms with E-state index in [0.717, 1.165) is 0 Å². The summed E-state index contributed by atoms with van der Waals surface area (Å²) in [5, 5.41) is 63.5. The molecule has 2 aromatic rings. The van der Waals surface area contributed by atoms with Gasteiger partial charge >= 0.3 is 0 Å². The summed E-state index contributed by atoms with van der Waals surface area (Å²) < 4.78 is 11.8. The summed E-state index contributed by atoms with van der Waals surface area (Å²) in [6.45, 7) is 3.12. The first-order valence-electron chi connectivity index (χ1n) is 13.2. The van der Waals surface area contributed by atoms with Gasteiger partial charge in [0.1, 0.15) is 65.5 Å². The van der Waals surface area contributed by atoms with Crippen LogP contribution in [-0.2, 0) is 16.2 Å². The molecule has 1 aromatic heterocycles. The molecule has 0 amide bonds. The third kappa shape index (κ3) is 5.43. The monoisotopic (exact) mass is 574 g/mol. The smallest absolute Gasteiger partial charge is 0.192 e. The average molecular weight is 575 g/mol. The first-order valence-corrected chi connectivity index (χ1v) is 13.2. The average Bonchev–Trinajstić information content (AvgIpc) is 3.48. The van der Waals surface area contributed by atoms with Crippen molar-refractivity contribution < 1.29 is 49.6 Å². The van der Waals surface area contributed by atoms with Crippen molar-refractivity contribution in [3.8, 4) is 5.75 Å². The number of aliphatic imine (C=N–C) groups is 1. The molecule has 13 nitrogen and oxygen atoms in total. The fraction of sp³-hybridized carbons (Fsp3) is 0.500. The second-order valence-corrected chi connectivity index (χ2v) is 11.1. The van der Waals surface area contributed by atoms with Crippen LogP contribution in [0.1, 0.15) is 25.2 Å². The molecule has 5 rings (SSSR count). The zero-order chi connectivity index (χ0) is 29.7. The van der Waals surface area contributed by atoms with Crippen molar-refractivity contribution in [1.82, 2.24) is 4.90 Å². The second-order valence-electron chi connectivity index (χ2n) is 11.1. The number of rotatable bonds is 10. The van der Waals surface area contributed by atoms with Crippen LogP contribution in [0.4, 0.5) is 0 Å². The normalized spacial score (nSPS) is 24.7. The number of hydrogen-bond acceptors (Lipinski definition) is 13. The predicted molar refractivity (Wildman–Crippen MR) is 144 cm³/mol. The molecule has 1 unspecified atom stereocenters. The number of fused-ring (bicyclic) bond motifs is 3.